The van der Waals surface area contributed by atoms with Gasteiger partial charge in [0.1, 0.15) is 5.65 Å². The fourth-order valence-electron chi connectivity index (χ4n) is 4.05. The van der Waals surface area contributed by atoms with Crippen LogP contribution in [0.25, 0.3) is 16.7 Å². The van der Waals surface area contributed by atoms with E-state index in [1.165, 1.54) is 4.57 Å². The maximum absolute atomic E-state index is 12.7. The lowest BCUT2D eigenvalue weighted by Gasteiger charge is -2.15. The zero-order chi connectivity index (χ0) is 26.9. The van der Waals surface area contributed by atoms with Gasteiger partial charge in [-0.1, -0.05) is 30.3 Å². The van der Waals surface area contributed by atoms with Gasteiger partial charge in [0, 0.05) is 42.4 Å². The molecule has 198 valence electrons. The molecule has 8 N–H and O–H groups in total. The van der Waals surface area contributed by atoms with E-state index >= 15 is 0 Å². The molecule has 4 rings (SSSR count). The first-order valence-corrected chi connectivity index (χ1v) is 12.4. The summed E-state index contributed by atoms with van der Waals surface area (Å²) < 4.78 is 1.49. The number of guanidine groups is 1. The van der Waals surface area contributed by atoms with Crippen LogP contribution in [0.5, 0.6) is 0 Å². The van der Waals surface area contributed by atoms with E-state index in [9.17, 15) is 14.7 Å². The Kier molecular flexibility index (Phi) is 8.85. The van der Waals surface area contributed by atoms with Gasteiger partial charge >= 0.3 is 5.69 Å². The van der Waals surface area contributed by atoms with Crippen LogP contribution >= 0.6 is 0 Å². The molecule has 0 aliphatic heterocycles. The monoisotopic (exact) mass is 516 g/mol. The number of amides is 1. The van der Waals surface area contributed by atoms with Crippen LogP contribution in [0.2, 0.25) is 0 Å². The summed E-state index contributed by atoms with van der Waals surface area (Å²) in [5, 5.41) is 16.7. The van der Waals surface area contributed by atoms with Gasteiger partial charge in [-0.15, -0.1) is 0 Å². The smallest absolute Gasteiger partial charge is 0.354 e. The van der Waals surface area contributed by atoms with Crippen molar-refractivity contribution in [1.82, 2.24) is 25.2 Å². The van der Waals surface area contributed by atoms with Crippen molar-refractivity contribution in [3.8, 4) is 5.69 Å². The molecule has 2 aromatic heterocycles. The first-order valence-electron chi connectivity index (χ1n) is 12.4. The number of fused-ring (bicyclic) bond motifs is 1. The Hall–Kier alpha value is -4.48. The second-order valence-electron chi connectivity index (χ2n) is 8.92. The number of aromatic nitrogens is 3. The first kappa shape index (κ1) is 26.6. The molecule has 0 aliphatic carbocycles. The van der Waals surface area contributed by atoms with E-state index in [0.29, 0.717) is 36.4 Å². The number of carbonyl (C=O) groups excluding carboxylic acids is 1. The third-order valence-electron chi connectivity index (χ3n) is 5.97. The first-order chi connectivity index (χ1) is 18.4. The second kappa shape index (κ2) is 12.7. The minimum Gasteiger partial charge on any atom is -0.394 e. The SMILES string of the molecule is NC(N)=NCCCNCc1ccc(-n2cc3cc(C[C@@H](CO)NC(=O)c4ccccc4)[nH]c3nc2=O)cc1. The van der Waals surface area contributed by atoms with E-state index < -0.39 is 11.7 Å². The van der Waals surface area contributed by atoms with E-state index in [4.69, 9.17) is 11.5 Å². The number of aromatic amines is 1. The van der Waals surface area contributed by atoms with Crippen LogP contribution in [0, 0.1) is 0 Å². The van der Waals surface area contributed by atoms with Crippen LogP contribution in [0.4, 0.5) is 0 Å². The number of rotatable bonds is 12. The standard InChI is InChI=1S/C27H32N8O3/c28-26(29)31-12-4-11-30-15-18-7-9-23(10-8-18)35-16-20-13-21(32-24(20)34-27(35)38)14-22(17-36)33-25(37)19-5-2-1-3-6-19/h1-3,5-10,13,16,22,30,36H,4,11-12,14-15,17H2,(H,33,37)(H4,28,29,31)(H,32,34,38)/t22-/m0/s1. The number of hydrogen-bond acceptors (Lipinski definition) is 6. The van der Waals surface area contributed by atoms with Gasteiger partial charge in [0.05, 0.1) is 18.3 Å². The highest BCUT2D eigenvalue weighted by Gasteiger charge is 2.16. The molecule has 2 heterocycles. The van der Waals surface area contributed by atoms with Crippen molar-refractivity contribution in [2.24, 2.45) is 16.5 Å². The number of H-pyrrole nitrogens is 1. The van der Waals surface area contributed by atoms with Crippen molar-refractivity contribution in [1.29, 1.82) is 0 Å². The summed E-state index contributed by atoms with van der Waals surface area (Å²) in [5.74, 6) is -0.163. The molecular formula is C27H32N8O3. The van der Waals surface area contributed by atoms with E-state index in [1.54, 1.807) is 30.5 Å². The minimum absolute atomic E-state index is 0.0982. The number of nitrogens with two attached hydrogens (primary N) is 2. The van der Waals surface area contributed by atoms with Gasteiger partial charge in [0.2, 0.25) is 0 Å². The molecular weight excluding hydrogens is 484 g/mol. The molecule has 11 nitrogen and oxygen atoms in total. The molecule has 0 saturated carbocycles. The van der Waals surface area contributed by atoms with Gasteiger partial charge in [-0.25, -0.2) is 4.79 Å². The molecule has 0 bridgehead atoms. The highest BCUT2D eigenvalue weighted by atomic mass is 16.3. The normalized spacial score (nSPS) is 11.8. The van der Waals surface area contributed by atoms with E-state index in [-0.39, 0.29) is 18.5 Å². The average Bonchev–Trinajstić information content (AvgIpc) is 3.31. The Morgan fingerprint density at radius 1 is 1.13 bits per heavy atom. The van der Waals surface area contributed by atoms with Crippen LogP contribution in [0.15, 0.2) is 76.6 Å². The van der Waals surface area contributed by atoms with Crippen LogP contribution in [0.1, 0.15) is 28.0 Å². The third kappa shape index (κ3) is 7.05. The molecule has 38 heavy (non-hydrogen) atoms. The van der Waals surface area contributed by atoms with Crippen LogP contribution in [0.3, 0.4) is 0 Å². The molecule has 0 unspecified atom stereocenters. The highest BCUT2D eigenvalue weighted by Crippen LogP contribution is 2.16. The second-order valence-corrected chi connectivity index (χ2v) is 8.92. The largest absolute Gasteiger partial charge is 0.394 e. The predicted octanol–water partition coefficient (Wildman–Crippen LogP) is 0.800. The fourth-order valence-corrected chi connectivity index (χ4v) is 4.05. The lowest BCUT2D eigenvalue weighted by Crippen LogP contribution is -2.39. The van der Waals surface area contributed by atoms with Crippen molar-refractivity contribution in [3.05, 3.63) is 94.2 Å². The summed E-state index contributed by atoms with van der Waals surface area (Å²) >= 11 is 0. The molecule has 2 aromatic carbocycles. The Morgan fingerprint density at radius 3 is 2.61 bits per heavy atom. The zero-order valence-corrected chi connectivity index (χ0v) is 20.9. The lowest BCUT2D eigenvalue weighted by atomic mass is 10.1. The number of carbonyl (C=O) groups is 1. The Morgan fingerprint density at radius 2 is 1.89 bits per heavy atom. The molecule has 0 radical (unpaired) electrons. The Labute approximate surface area is 219 Å². The number of nitrogens with zero attached hydrogens (tertiary/aromatic N) is 3. The summed E-state index contributed by atoms with van der Waals surface area (Å²) in [5.41, 5.74) is 13.7. The van der Waals surface area contributed by atoms with Gasteiger partial charge in [0.25, 0.3) is 5.91 Å². The highest BCUT2D eigenvalue weighted by molar-refractivity contribution is 5.94. The van der Waals surface area contributed by atoms with Gasteiger partial charge in [-0.2, -0.15) is 4.98 Å². The average molecular weight is 517 g/mol. The molecule has 0 saturated heterocycles. The van der Waals surface area contributed by atoms with Crippen molar-refractivity contribution in [3.63, 3.8) is 0 Å². The summed E-state index contributed by atoms with van der Waals surface area (Å²) in [6.07, 6.45) is 2.92. The van der Waals surface area contributed by atoms with Crippen molar-refractivity contribution >= 4 is 22.9 Å². The molecule has 0 fully saturated rings. The fraction of sp³-hybridized carbons (Fsp3) is 0.259. The van der Waals surface area contributed by atoms with Gasteiger partial charge in [0.15, 0.2) is 5.96 Å². The number of aliphatic hydroxyl groups excluding tert-OH is 1. The number of benzene rings is 2. The van der Waals surface area contributed by atoms with Gasteiger partial charge in [-0.05, 0) is 48.9 Å². The molecule has 1 amide bonds. The molecule has 0 aliphatic rings. The van der Waals surface area contributed by atoms with E-state index in [0.717, 1.165) is 29.6 Å². The summed E-state index contributed by atoms with van der Waals surface area (Å²) in [7, 11) is 0. The Balaban J connectivity index is 1.40. The number of nitrogens with one attached hydrogen (secondary N) is 3. The lowest BCUT2D eigenvalue weighted by molar-refractivity contribution is 0.0916. The maximum Gasteiger partial charge on any atom is 0.354 e. The van der Waals surface area contributed by atoms with Crippen LogP contribution in [-0.2, 0) is 13.0 Å². The summed E-state index contributed by atoms with van der Waals surface area (Å²) in [6, 6.07) is 17.9. The Bertz CT molecular complexity index is 1440. The molecule has 1 atom stereocenters. The maximum atomic E-state index is 12.7. The van der Waals surface area contributed by atoms with Crippen molar-refractivity contribution < 1.29 is 9.90 Å². The zero-order valence-electron chi connectivity index (χ0n) is 20.9. The summed E-state index contributed by atoms with van der Waals surface area (Å²) in [4.78, 5) is 36.5. The number of aliphatic hydroxyl groups is 1. The molecule has 0 spiro atoms. The van der Waals surface area contributed by atoms with Crippen molar-refractivity contribution in [2.45, 2.75) is 25.4 Å². The van der Waals surface area contributed by atoms with Crippen molar-refractivity contribution in [2.75, 3.05) is 19.7 Å². The van der Waals surface area contributed by atoms with E-state index in [1.807, 2.05) is 36.4 Å². The van der Waals surface area contributed by atoms with Crippen LogP contribution < -0.4 is 27.8 Å². The predicted molar refractivity (Wildman–Crippen MR) is 147 cm³/mol. The summed E-state index contributed by atoms with van der Waals surface area (Å²) in [6.45, 7) is 1.81. The quantitative estimate of drug-likeness (QED) is 0.0916. The molecule has 4 aromatic rings. The third-order valence-corrected chi connectivity index (χ3v) is 5.97. The topological polar surface area (TPSA) is 176 Å². The van der Waals surface area contributed by atoms with Gasteiger partial charge in [-0.3, -0.25) is 14.4 Å². The number of aliphatic imine (C=N–C) groups is 1. The van der Waals surface area contributed by atoms with Crippen LogP contribution in [-0.4, -0.2) is 57.2 Å². The van der Waals surface area contributed by atoms with E-state index in [2.05, 4.69) is 25.6 Å². The van der Waals surface area contributed by atoms with Gasteiger partial charge < -0.3 is 32.2 Å². The minimum atomic E-state index is -0.498. The molecule has 11 heteroatoms. The number of hydrogen-bond donors (Lipinski definition) is 6.